The van der Waals surface area contributed by atoms with Gasteiger partial charge in [0.15, 0.2) is 17.4 Å². The zero-order valence-corrected chi connectivity index (χ0v) is 9.08. The molecule has 0 aliphatic rings. The summed E-state index contributed by atoms with van der Waals surface area (Å²) in [7, 11) is 0. The third kappa shape index (κ3) is 2.20. The first-order valence-electron chi connectivity index (χ1n) is 5.02. The van der Waals surface area contributed by atoms with Crippen LogP contribution in [0.25, 0.3) is 11.3 Å². The van der Waals surface area contributed by atoms with Crippen molar-refractivity contribution in [3.63, 3.8) is 0 Å². The van der Waals surface area contributed by atoms with Crippen LogP contribution < -0.4 is 0 Å². The van der Waals surface area contributed by atoms with Gasteiger partial charge < -0.3 is 0 Å². The highest BCUT2D eigenvalue weighted by molar-refractivity contribution is 5.92. The molecule has 4 heteroatoms. The van der Waals surface area contributed by atoms with E-state index in [-0.39, 0.29) is 11.4 Å². The van der Waals surface area contributed by atoms with Crippen molar-refractivity contribution in [1.29, 1.82) is 0 Å². The second-order valence-corrected chi connectivity index (χ2v) is 3.57. The number of halogens is 2. The first-order chi connectivity index (χ1) is 8.09. The average Bonchev–Trinajstić information content (AvgIpc) is 2.33. The number of ketones is 1. The summed E-state index contributed by atoms with van der Waals surface area (Å²) in [6.07, 6.45) is 0. The van der Waals surface area contributed by atoms with Gasteiger partial charge >= 0.3 is 0 Å². The van der Waals surface area contributed by atoms with Crippen molar-refractivity contribution < 1.29 is 13.6 Å². The fraction of sp³-hybridized carbons (Fsp3) is 0.0769. The molecule has 1 aromatic heterocycles. The van der Waals surface area contributed by atoms with Gasteiger partial charge in [0.1, 0.15) is 11.4 Å². The Kier molecular flexibility index (Phi) is 2.95. The van der Waals surface area contributed by atoms with Crippen LogP contribution in [0.3, 0.4) is 0 Å². The van der Waals surface area contributed by atoms with Crippen molar-refractivity contribution in [2.24, 2.45) is 0 Å². The van der Waals surface area contributed by atoms with Crippen LogP contribution in [-0.4, -0.2) is 10.8 Å². The molecule has 2 aromatic rings. The average molecular weight is 233 g/mol. The molecule has 17 heavy (non-hydrogen) atoms. The van der Waals surface area contributed by atoms with Gasteiger partial charge in [0.2, 0.25) is 0 Å². The lowest BCUT2D eigenvalue weighted by molar-refractivity contribution is 0.101. The Hall–Kier alpha value is -2.10. The number of pyridine rings is 1. The zero-order chi connectivity index (χ0) is 12.4. The molecule has 2 rings (SSSR count). The van der Waals surface area contributed by atoms with E-state index in [2.05, 4.69) is 4.98 Å². The number of benzene rings is 1. The molecule has 0 amide bonds. The van der Waals surface area contributed by atoms with Crippen molar-refractivity contribution in [2.75, 3.05) is 0 Å². The molecule has 0 radical (unpaired) electrons. The van der Waals surface area contributed by atoms with Crippen LogP contribution in [0, 0.1) is 11.6 Å². The van der Waals surface area contributed by atoms with Crippen LogP contribution in [0.15, 0.2) is 36.4 Å². The summed E-state index contributed by atoms with van der Waals surface area (Å²) in [4.78, 5) is 15.0. The molecule has 1 aromatic carbocycles. The molecule has 2 nitrogen and oxygen atoms in total. The molecular formula is C13H9F2NO. The number of carbonyl (C=O) groups excluding carboxylic acids is 1. The first-order valence-corrected chi connectivity index (χ1v) is 5.02. The van der Waals surface area contributed by atoms with E-state index in [9.17, 15) is 13.6 Å². The first kappa shape index (κ1) is 11.4. The summed E-state index contributed by atoms with van der Waals surface area (Å²) in [6.45, 7) is 1.26. The van der Waals surface area contributed by atoms with Crippen molar-refractivity contribution in [1.82, 2.24) is 4.98 Å². The third-order valence-corrected chi connectivity index (χ3v) is 2.32. The lowest BCUT2D eigenvalue weighted by atomic mass is 10.1. The van der Waals surface area contributed by atoms with Crippen molar-refractivity contribution in [2.45, 2.75) is 6.92 Å². The fourth-order valence-corrected chi connectivity index (χ4v) is 1.47. The number of rotatable bonds is 2. The van der Waals surface area contributed by atoms with E-state index in [1.54, 1.807) is 30.3 Å². The maximum atomic E-state index is 13.6. The van der Waals surface area contributed by atoms with Crippen molar-refractivity contribution >= 4 is 5.78 Å². The molecule has 0 aliphatic carbocycles. The Morgan fingerprint density at radius 1 is 1.18 bits per heavy atom. The van der Waals surface area contributed by atoms with E-state index in [1.165, 1.54) is 6.92 Å². The van der Waals surface area contributed by atoms with Gasteiger partial charge in [0.25, 0.3) is 0 Å². The van der Waals surface area contributed by atoms with Gasteiger partial charge in [-0.1, -0.05) is 30.3 Å². The number of hydrogen-bond donors (Lipinski definition) is 0. The fourth-order valence-electron chi connectivity index (χ4n) is 1.47. The van der Waals surface area contributed by atoms with Gasteiger partial charge in [-0.05, 0) is 0 Å². The summed E-state index contributed by atoms with van der Waals surface area (Å²) in [5, 5.41) is 0. The van der Waals surface area contributed by atoms with Gasteiger partial charge in [0.05, 0.1) is 0 Å². The molecule has 0 unspecified atom stereocenters. The van der Waals surface area contributed by atoms with Crippen LogP contribution in [0.4, 0.5) is 8.78 Å². The quantitative estimate of drug-likeness (QED) is 0.745. The Balaban J connectivity index is 2.65. The molecule has 0 saturated carbocycles. The molecule has 0 fully saturated rings. The Bertz CT molecular complexity index is 567. The largest absolute Gasteiger partial charge is 0.293 e. The number of Topliss-reactive ketones (excluding diaryl/α,β-unsaturated/α-hetero) is 1. The Morgan fingerprint density at radius 2 is 1.82 bits per heavy atom. The monoisotopic (exact) mass is 233 g/mol. The summed E-state index contributed by atoms with van der Waals surface area (Å²) >= 11 is 0. The molecule has 0 atom stereocenters. The highest BCUT2D eigenvalue weighted by Gasteiger charge is 2.15. The minimum Gasteiger partial charge on any atom is -0.293 e. The summed E-state index contributed by atoms with van der Waals surface area (Å²) < 4.78 is 26.9. The maximum Gasteiger partial charge on any atom is 0.185 e. The van der Waals surface area contributed by atoms with Gasteiger partial charge in [-0.25, -0.2) is 13.8 Å². The minimum atomic E-state index is -1.07. The molecule has 0 bridgehead atoms. The number of carbonyl (C=O) groups is 1. The summed E-state index contributed by atoms with van der Waals surface area (Å²) in [5.41, 5.74) is 0.213. The van der Waals surface area contributed by atoms with E-state index in [0.29, 0.717) is 5.56 Å². The normalized spacial score (nSPS) is 10.3. The van der Waals surface area contributed by atoms with E-state index in [0.717, 1.165) is 6.07 Å². The zero-order valence-electron chi connectivity index (χ0n) is 9.08. The van der Waals surface area contributed by atoms with Gasteiger partial charge in [-0.15, -0.1) is 0 Å². The number of nitrogens with zero attached hydrogens (tertiary/aromatic N) is 1. The second-order valence-electron chi connectivity index (χ2n) is 3.57. The molecule has 0 aliphatic heterocycles. The predicted molar refractivity (Wildman–Crippen MR) is 59.6 cm³/mol. The standard InChI is InChI=1S/C13H9F2NO/c1-8(17)11-7-10(14)12(15)13(16-11)9-5-3-2-4-6-9/h2-7H,1H3. The molecule has 0 spiro atoms. The van der Waals surface area contributed by atoms with Gasteiger partial charge in [-0.3, -0.25) is 4.79 Å². The van der Waals surface area contributed by atoms with E-state index in [4.69, 9.17) is 0 Å². The Morgan fingerprint density at radius 3 is 2.41 bits per heavy atom. The second kappa shape index (κ2) is 4.41. The van der Waals surface area contributed by atoms with Crippen LogP contribution >= 0.6 is 0 Å². The van der Waals surface area contributed by atoms with Gasteiger partial charge in [-0.2, -0.15) is 0 Å². The maximum absolute atomic E-state index is 13.6. The molecule has 86 valence electrons. The highest BCUT2D eigenvalue weighted by Crippen LogP contribution is 2.22. The Labute approximate surface area is 96.9 Å². The van der Waals surface area contributed by atoms with Crippen molar-refractivity contribution in [3.8, 4) is 11.3 Å². The molecular weight excluding hydrogens is 224 g/mol. The highest BCUT2D eigenvalue weighted by atomic mass is 19.2. The number of hydrogen-bond acceptors (Lipinski definition) is 2. The van der Waals surface area contributed by atoms with Gasteiger partial charge in [0, 0.05) is 18.6 Å². The van der Waals surface area contributed by atoms with E-state index < -0.39 is 17.4 Å². The smallest absolute Gasteiger partial charge is 0.185 e. The third-order valence-electron chi connectivity index (χ3n) is 2.32. The van der Waals surface area contributed by atoms with Crippen LogP contribution in [0.2, 0.25) is 0 Å². The van der Waals surface area contributed by atoms with E-state index in [1.807, 2.05) is 0 Å². The lowest BCUT2D eigenvalue weighted by Crippen LogP contribution is -2.03. The summed E-state index contributed by atoms with van der Waals surface area (Å²) in [6, 6.07) is 9.16. The SMILES string of the molecule is CC(=O)c1cc(F)c(F)c(-c2ccccc2)n1. The van der Waals surface area contributed by atoms with Crippen LogP contribution in [0.5, 0.6) is 0 Å². The predicted octanol–water partition coefficient (Wildman–Crippen LogP) is 3.23. The molecule has 0 saturated heterocycles. The topological polar surface area (TPSA) is 30.0 Å². The summed E-state index contributed by atoms with van der Waals surface area (Å²) in [5.74, 6) is -2.51. The van der Waals surface area contributed by atoms with E-state index >= 15 is 0 Å². The molecule has 1 heterocycles. The number of aromatic nitrogens is 1. The molecule has 0 N–H and O–H groups in total. The van der Waals surface area contributed by atoms with Crippen molar-refractivity contribution in [3.05, 3.63) is 53.7 Å². The van der Waals surface area contributed by atoms with Crippen LogP contribution in [0.1, 0.15) is 17.4 Å². The lowest BCUT2D eigenvalue weighted by Gasteiger charge is -2.05. The van der Waals surface area contributed by atoms with Crippen LogP contribution in [-0.2, 0) is 0 Å². The minimum absolute atomic E-state index is 0.0808.